The molecule has 1 saturated heterocycles. The molecule has 0 aromatic carbocycles. The molecule has 0 bridgehead atoms. The number of hydrogen-bond donors (Lipinski definition) is 8. The quantitative estimate of drug-likeness (QED) is 0.142. The molecule has 48 heavy (non-hydrogen) atoms. The molecule has 0 radical (unpaired) electrons. The number of rotatable bonds is 11. The third-order valence-corrected chi connectivity index (χ3v) is 14.3. The molecule has 0 aromatic heterocycles. The zero-order valence-corrected chi connectivity index (χ0v) is 29.8. The normalized spacial score (nSPS) is 49.2. The first-order valence-corrected chi connectivity index (χ1v) is 19.3. The standard InChI is InChI=1S/C34H60O13S/c1-17(2)19(10-13-45-31-28(40)26(38)23(37)16-46-31)7-6-18(3)25-27(39)29(47-48(42,43)44)30-33(25,5)12-9-24-32(4)11-8-20(35)14-21(32)22(36)15-34(24,30)41/h17-31,35-41H,6-16H2,1-5H3,(H,42,43,44)/t18-,19+,20+,21-,22-,23+,24-,25+,26-,27-,28+,29+,30-,31+,32+,33-,34+/m1/s1. The van der Waals surface area contributed by atoms with Crippen molar-refractivity contribution in [3.8, 4) is 0 Å². The number of fused-ring (bicyclic) bond motifs is 5. The minimum absolute atomic E-state index is 0.0329. The molecular weight excluding hydrogens is 648 g/mol. The van der Waals surface area contributed by atoms with Crippen LogP contribution in [-0.4, -0.2) is 117 Å². The maximum Gasteiger partial charge on any atom is 0.397 e. The minimum Gasteiger partial charge on any atom is -0.393 e. The van der Waals surface area contributed by atoms with Gasteiger partial charge in [-0.1, -0.05) is 41.0 Å². The van der Waals surface area contributed by atoms with Crippen LogP contribution in [-0.2, 0) is 24.1 Å². The van der Waals surface area contributed by atoms with Gasteiger partial charge in [-0.25, -0.2) is 4.18 Å². The molecule has 280 valence electrons. The van der Waals surface area contributed by atoms with Gasteiger partial charge in [0.2, 0.25) is 0 Å². The topological polar surface area (TPSA) is 224 Å². The molecule has 17 atom stereocenters. The van der Waals surface area contributed by atoms with E-state index in [0.717, 1.165) is 6.42 Å². The van der Waals surface area contributed by atoms with E-state index in [-0.39, 0.29) is 49.2 Å². The zero-order valence-electron chi connectivity index (χ0n) is 29.0. The van der Waals surface area contributed by atoms with Crippen LogP contribution in [0, 0.1) is 52.3 Å². The highest BCUT2D eigenvalue weighted by molar-refractivity contribution is 7.80. The van der Waals surface area contributed by atoms with E-state index in [1.165, 1.54) is 0 Å². The second-order valence-corrected chi connectivity index (χ2v) is 17.9. The first-order valence-electron chi connectivity index (χ1n) is 17.9. The Balaban J connectivity index is 1.34. The summed E-state index contributed by atoms with van der Waals surface area (Å²) < 4.78 is 50.7. The molecular formula is C34H60O13S. The molecule has 1 heterocycles. The van der Waals surface area contributed by atoms with Crippen molar-refractivity contribution >= 4 is 10.4 Å². The first kappa shape index (κ1) is 38.7. The summed E-state index contributed by atoms with van der Waals surface area (Å²) in [4.78, 5) is 0. The molecule has 0 aromatic rings. The van der Waals surface area contributed by atoms with Crippen LogP contribution in [0.3, 0.4) is 0 Å². The lowest BCUT2D eigenvalue weighted by Gasteiger charge is -2.66. The van der Waals surface area contributed by atoms with Gasteiger partial charge in [-0.2, -0.15) is 8.42 Å². The van der Waals surface area contributed by atoms with Crippen molar-refractivity contribution in [1.82, 2.24) is 0 Å². The number of hydrogen-bond acceptors (Lipinski definition) is 12. The average Bonchev–Trinajstić information content (AvgIpc) is 3.20. The molecule has 0 spiro atoms. The van der Waals surface area contributed by atoms with Gasteiger partial charge >= 0.3 is 10.4 Å². The van der Waals surface area contributed by atoms with Crippen molar-refractivity contribution in [3.63, 3.8) is 0 Å². The van der Waals surface area contributed by atoms with E-state index in [4.69, 9.17) is 13.7 Å². The Hall–Kier alpha value is -0.490. The number of aliphatic hydroxyl groups is 7. The van der Waals surface area contributed by atoms with Crippen molar-refractivity contribution in [2.24, 2.45) is 52.3 Å². The summed E-state index contributed by atoms with van der Waals surface area (Å²) in [6.45, 7) is 10.4. The van der Waals surface area contributed by atoms with Gasteiger partial charge in [0, 0.05) is 12.3 Å². The van der Waals surface area contributed by atoms with Gasteiger partial charge in [0.15, 0.2) is 6.29 Å². The Morgan fingerprint density at radius 1 is 0.875 bits per heavy atom. The van der Waals surface area contributed by atoms with Crippen LogP contribution in [0.5, 0.6) is 0 Å². The number of ether oxygens (including phenoxy) is 2. The predicted molar refractivity (Wildman–Crippen MR) is 172 cm³/mol. The van der Waals surface area contributed by atoms with E-state index in [0.29, 0.717) is 44.9 Å². The number of aliphatic hydroxyl groups excluding tert-OH is 6. The van der Waals surface area contributed by atoms with Crippen molar-refractivity contribution in [2.75, 3.05) is 13.2 Å². The molecule has 14 heteroatoms. The van der Waals surface area contributed by atoms with Crippen LogP contribution in [0.4, 0.5) is 0 Å². The lowest BCUT2D eigenvalue weighted by Crippen LogP contribution is -2.69. The molecule has 13 nitrogen and oxygen atoms in total. The smallest absolute Gasteiger partial charge is 0.393 e. The molecule has 5 rings (SSSR count). The third-order valence-electron chi connectivity index (χ3n) is 13.8. The van der Waals surface area contributed by atoms with Gasteiger partial charge in [-0.3, -0.25) is 4.55 Å². The first-order chi connectivity index (χ1) is 22.2. The summed E-state index contributed by atoms with van der Waals surface area (Å²) in [5.41, 5.74) is -2.85. The molecule has 8 N–H and O–H groups in total. The molecule has 5 aliphatic rings. The fourth-order valence-corrected chi connectivity index (χ4v) is 12.0. The van der Waals surface area contributed by atoms with Crippen molar-refractivity contribution < 1.29 is 62.4 Å². The Morgan fingerprint density at radius 3 is 2.19 bits per heavy atom. The van der Waals surface area contributed by atoms with E-state index in [2.05, 4.69) is 20.8 Å². The van der Waals surface area contributed by atoms with Crippen LogP contribution in [0.25, 0.3) is 0 Å². The lowest BCUT2D eigenvalue weighted by atomic mass is 9.42. The molecule has 5 fully saturated rings. The van der Waals surface area contributed by atoms with Gasteiger partial charge in [0.25, 0.3) is 0 Å². The van der Waals surface area contributed by atoms with Crippen molar-refractivity contribution in [1.29, 1.82) is 0 Å². The van der Waals surface area contributed by atoms with E-state index in [1.807, 2.05) is 13.8 Å². The van der Waals surface area contributed by atoms with Gasteiger partial charge in [0.1, 0.15) is 24.4 Å². The summed E-state index contributed by atoms with van der Waals surface area (Å²) in [6.07, 6.45) is -4.32. The van der Waals surface area contributed by atoms with Crippen molar-refractivity contribution in [2.45, 2.75) is 147 Å². The molecule has 1 aliphatic heterocycles. The SMILES string of the molecule is CC(C)[C@H](CCO[C@H]1OC[C@H](O)[C@@H](O)[C@@H]1O)CC[C@@H](C)[C@H]1[C@@H](O)[C@H](OS(=O)(=O)O)[C@@H]2[C@]1(C)CC[C@@H]1[C@@]3(C)CC[C@H](O)C[C@@H]3[C@H](O)C[C@]12O. The van der Waals surface area contributed by atoms with E-state index >= 15 is 0 Å². The van der Waals surface area contributed by atoms with Gasteiger partial charge in [0.05, 0.1) is 37.1 Å². The highest BCUT2D eigenvalue weighted by Gasteiger charge is 2.73. The van der Waals surface area contributed by atoms with Crippen LogP contribution < -0.4 is 0 Å². The largest absolute Gasteiger partial charge is 0.397 e. The fourth-order valence-electron chi connectivity index (χ4n) is 11.5. The summed E-state index contributed by atoms with van der Waals surface area (Å²) in [7, 11) is -5.00. The summed E-state index contributed by atoms with van der Waals surface area (Å²) in [5, 5.41) is 76.4. The van der Waals surface area contributed by atoms with E-state index in [1.54, 1.807) is 0 Å². The highest BCUT2D eigenvalue weighted by Crippen LogP contribution is 2.70. The third kappa shape index (κ3) is 7.00. The summed E-state index contributed by atoms with van der Waals surface area (Å²) >= 11 is 0. The van der Waals surface area contributed by atoms with Gasteiger partial charge < -0.3 is 45.2 Å². The monoisotopic (exact) mass is 708 g/mol. The van der Waals surface area contributed by atoms with E-state index < -0.39 is 87.7 Å². The Kier molecular flexibility index (Phi) is 11.4. The molecule has 0 unspecified atom stereocenters. The van der Waals surface area contributed by atoms with Gasteiger partial charge in [-0.05, 0) is 91.3 Å². The summed E-state index contributed by atoms with van der Waals surface area (Å²) in [6, 6.07) is 0. The van der Waals surface area contributed by atoms with Crippen molar-refractivity contribution in [3.05, 3.63) is 0 Å². The Bertz CT molecular complexity index is 1220. The molecule has 0 amide bonds. The fraction of sp³-hybridized carbons (Fsp3) is 1.00. The van der Waals surface area contributed by atoms with Crippen LogP contribution in [0.15, 0.2) is 0 Å². The maximum absolute atomic E-state index is 12.7. The lowest BCUT2D eigenvalue weighted by molar-refractivity contribution is -0.270. The van der Waals surface area contributed by atoms with Gasteiger partial charge in [-0.15, -0.1) is 0 Å². The minimum atomic E-state index is -5.00. The maximum atomic E-state index is 12.7. The molecule has 4 aliphatic carbocycles. The highest BCUT2D eigenvalue weighted by atomic mass is 32.3. The molecule has 4 saturated carbocycles. The summed E-state index contributed by atoms with van der Waals surface area (Å²) in [5.74, 6) is -1.58. The average molecular weight is 709 g/mol. The van der Waals surface area contributed by atoms with Crippen LogP contribution in [0.2, 0.25) is 0 Å². The second kappa shape index (κ2) is 14.1. The van der Waals surface area contributed by atoms with Crippen LogP contribution >= 0.6 is 0 Å². The Labute approximate surface area is 284 Å². The van der Waals surface area contributed by atoms with Crippen LogP contribution in [0.1, 0.15) is 92.4 Å². The van der Waals surface area contributed by atoms with E-state index in [9.17, 15) is 48.7 Å². The predicted octanol–water partition coefficient (Wildman–Crippen LogP) is 1.39. The zero-order chi connectivity index (χ0) is 35.6. The second-order valence-electron chi connectivity index (χ2n) is 16.9. The Morgan fingerprint density at radius 2 is 1.54 bits per heavy atom.